The maximum atomic E-state index is 10.9. The topological polar surface area (TPSA) is 38.0 Å². The van der Waals surface area contributed by atoms with Crippen LogP contribution in [0.4, 0.5) is 13.2 Å². The number of hydrazine groups is 1. The lowest BCUT2D eigenvalue weighted by molar-refractivity contribution is -0.124. The predicted octanol–water partition coefficient (Wildman–Crippen LogP) is 0.856. The highest BCUT2D eigenvalue weighted by molar-refractivity contribution is 5.85. The van der Waals surface area contributed by atoms with Gasteiger partial charge in [-0.15, -0.1) is 24.8 Å². The van der Waals surface area contributed by atoms with Crippen LogP contribution in [0, 0.1) is 0 Å². The number of nitrogens with one attached hydrogen (secondary N) is 1. The van der Waals surface area contributed by atoms with Crippen LogP contribution in [-0.4, -0.2) is 12.7 Å². The van der Waals surface area contributed by atoms with Crippen LogP contribution in [-0.2, 0) is 0 Å². The molecule has 0 aromatic carbocycles. The lowest BCUT2D eigenvalue weighted by atomic mass is 10.7. The first-order chi connectivity index (χ1) is 3.06. The van der Waals surface area contributed by atoms with E-state index in [0.29, 0.717) is 0 Å². The molecule has 0 unspecified atom stereocenters. The first-order valence-electron chi connectivity index (χ1n) is 1.56. The quantitative estimate of drug-likeness (QED) is 0.471. The molecule has 0 aliphatic rings. The number of nitrogens with two attached hydrogens (primary N) is 1. The van der Waals surface area contributed by atoms with Crippen LogP contribution in [0.25, 0.3) is 0 Å². The van der Waals surface area contributed by atoms with Gasteiger partial charge in [-0.25, -0.2) is 0 Å². The molecule has 0 aromatic rings. The smallest absolute Gasteiger partial charge is 0.271 e. The zero-order valence-corrected chi connectivity index (χ0v) is 5.87. The number of halogens is 5. The molecular formula is C2H7Cl2F3N2. The molecule has 0 radical (unpaired) electrons. The van der Waals surface area contributed by atoms with Gasteiger partial charge in [0.1, 0.15) is 6.54 Å². The molecule has 7 heteroatoms. The van der Waals surface area contributed by atoms with Crippen molar-refractivity contribution in [1.29, 1.82) is 0 Å². The Hall–Kier alpha value is 0.290. The first kappa shape index (κ1) is 16.1. The Morgan fingerprint density at radius 1 is 1.22 bits per heavy atom. The molecule has 60 valence electrons. The molecular weight excluding hydrogens is 180 g/mol. The Balaban J connectivity index is -0.000000180. The molecule has 0 rings (SSSR count). The molecule has 0 fully saturated rings. The van der Waals surface area contributed by atoms with Gasteiger partial charge in [-0.1, -0.05) is 0 Å². The Labute approximate surface area is 62.8 Å². The number of hydrogen-bond donors (Lipinski definition) is 2. The second kappa shape index (κ2) is 6.41. The van der Waals surface area contributed by atoms with Crippen molar-refractivity contribution >= 4 is 24.8 Å². The molecule has 0 bridgehead atoms. The Morgan fingerprint density at radius 2 is 1.56 bits per heavy atom. The Morgan fingerprint density at radius 3 is 1.56 bits per heavy atom. The van der Waals surface area contributed by atoms with E-state index in [0.717, 1.165) is 0 Å². The second-order valence-electron chi connectivity index (χ2n) is 0.996. The number of hydrogen-bond acceptors (Lipinski definition) is 2. The van der Waals surface area contributed by atoms with E-state index in [2.05, 4.69) is 5.84 Å². The molecule has 0 atom stereocenters. The summed E-state index contributed by atoms with van der Waals surface area (Å²) in [7, 11) is 0. The molecule has 0 spiro atoms. The standard InChI is InChI=1S/C2H5F3N2.2ClH/c3-2(4,5)1-7-6;;/h7H,1,6H2;2*1H. The molecule has 0 amide bonds. The largest absolute Gasteiger partial charge is 0.402 e. The Kier molecular flexibility index (Phi) is 11.5. The van der Waals surface area contributed by atoms with Crippen LogP contribution >= 0.6 is 24.8 Å². The van der Waals surface area contributed by atoms with Crippen molar-refractivity contribution < 1.29 is 13.2 Å². The minimum atomic E-state index is -4.19. The fraction of sp³-hybridized carbons (Fsp3) is 1.00. The second-order valence-corrected chi connectivity index (χ2v) is 0.996. The van der Waals surface area contributed by atoms with Crippen LogP contribution in [0.15, 0.2) is 0 Å². The summed E-state index contributed by atoms with van der Waals surface area (Å²) >= 11 is 0. The zero-order valence-electron chi connectivity index (χ0n) is 4.23. The minimum absolute atomic E-state index is 0. The highest BCUT2D eigenvalue weighted by atomic mass is 35.5. The van der Waals surface area contributed by atoms with Gasteiger partial charge in [-0.3, -0.25) is 11.3 Å². The van der Waals surface area contributed by atoms with E-state index in [4.69, 9.17) is 0 Å². The van der Waals surface area contributed by atoms with Gasteiger partial charge < -0.3 is 0 Å². The van der Waals surface area contributed by atoms with Gasteiger partial charge in [0.05, 0.1) is 0 Å². The lowest BCUT2D eigenvalue weighted by Gasteiger charge is -2.01. The average Bonchev–Trinajstić information content (AvgIpc) is 1.30. The summed E-state index contributed by atoms with van der Waals surface area (Å²) in [4.78, 5) is 0. The molecule has 3 N–H and O–H groups in total. The van der Waals surface area contributed by atoms with E-state index in [9.17, 15) is 13.2 Å². The minimum Gasteiger partial charge on any atom is -0.271 e. The van der Waals surface area contributed by atoms with Gasteiger partial charge in [0.15, 0.2) is 0 Å². The lowest BCUT2D eigenvalue weighted by Crippen LogP contribution is -2.33. The van der Waals surface area contributed by atoms with E-state index in [1.165, 1.54) is 5.43 Å². The Bertz CT molecular complexity index is 56.3. The molecule has 0 aromatic heterocycles. The maximum absolute atomic E-state index is 10.9. The maximum Gasteiger partial charge on any atom is 0.402 e. The van der Waals surface area contributed by atoms with Crippen molar-refractivity contribution in [2.45, 2.75) is 6.18 Å². The van der Waals surface area contributed by atoms with Gasteiger partial charge in [-0.2, -0.15) is 13.2 Å². The van der Waals surface area contributed by atoms with Crippen molar-refractivity contribution in [3.05, 3.63) is 0 Å². The third-order valence-corrected chi connectivity index (χ3v) is 0.303. The van der Waals surface area contributed by atoms with Crippen molar-refractivity contribution in [1.82, 2.24) is 5.43 Å². The van der Waals surface area contributed by atoms with E-state index in [-0.39, 0.29) is 24.8 Å². The number of alkyl halides is 3. The molecule has 9 heavy (non-hydrogen) atoms. The molecule has 0 heterocycles. The molecule has 0 saturated heterocycles. The summed E-state index contributed by atoms with van der Waals surface area (Å²) in [5, 5.41) is 0. The third kappa shape index (κ3) is 17.8. The van der Waals surface area contributed by atoms with E-state index in [1.54, 1.807) is 0 Å². The van der Waals surface area contributed by atoms with E-state index >= 15 is 0 Å². The number of rotatable bonds is 1. The first-order valence-corrected chi connectivity index (χ1v) is 1.56. The monoisotopic (exact) mass is 186 g/mol. The average molecular weight is 187 g/mol. The van der Waals surface area contributed by atoms with Crippen LogP contribution in [0.5, 0.6) is 0 Å². The van der Waals surface area contributed by atoms with Gasteiger partial charge in [0, 0.05) is 0 Å². The van der Waals surface area contributed by atoms with Crippen LogP contribution in [0.2, 0.25) is 0 Å². The summed E-state index contributed by atoms with van der Waals surface area (Å²) in [6.45, 7) is -1.13. The van der Waals surface area contributed by atoms with Crippen LogP contribution in [0.1, 0.15) is 0 Å². The van der Waals surface area contributed by atoms with Gasteiger partial charge in [0.25, 0.3) is 0 Å². The summed E-state index contributed by atoms with van der Waals surface area (Å²) in [5.74, 6) is 4.34. The van der Waals surface area contributed by atoms with Crippen molar-refractivity contribution in [3.63, 3.8) is 0 Å². The predicted molar refractivity (Wildman–Crippen MR) is 32.7 cm³/mol. The van der Waals surface area contributed by atoms with Gasteiger partial charge in [-0.05, 0) is 0 Å². The molecule has 2 nitrogen and oxygen atoms in total. The highest BCUT2D eigenvalue weighted by Crippen LogP contribution is 2.11. The normalized spacial score (nSPS) is 9.33. The van der Waals surface area contributed by atoms with Gasteiger partial charge in [0.2, 0.25) is 0 Å². The summed E-state index contributed by atoms with van der Waals surface area (Å²) in [5.41, 5.74) is 1.48. The summed E-state index contributed by atoms with van der Waals surface area (Å²) in [6.07, 6.45) is -4.19. The fourth-order valence-electron chi connectivity index (χ4n) is 0.116. The fourth-order valence-corrected chi connectivity index (χ4v) is 0.116. The van der Waals surface area contributed by atoms with Crippen molar-refractivity contribution in [2.75, 3.05) is 6.54 Å². The van der Waals surface area contributed by atoms with E-state index in [1.807, 2.05) is 0 Å². The summed E-state index contributed by atoms with van der Waals surface area (Å²) in [6, 6.07) is 0. The van der Waals surface area contributed by atoms with Crippen molar-refractivity contribution in [2.24, 2.45) is 5.84 Å². The van der Waals surface area contributed by atoms with E-state index < -0.39 is 12.7 Å². The highest BCUT2D eigenvalue weighted by Gasteiger charge is 2.25. The van der Waals surface area contributed by atoms with Crippen LogP contribution < -0.4 is 11.3 Å². The molecule has 0 aliphatic heterocycles. The third-order valence-electron chi connectivity index (χ3n) is 0.303. The van der Waals surface area contributed by atoms with Crippen molar-refractivity contribution in [3.8, 4) is 0 Å². The molecule has 0 saturated carbocycles. The van der Waals surface area contributed by atoms with Crippen LogP contribution in [0.3, 0.4) is 0 Å². The zero-order chi connectivity index (χ0) is 5.91. The van der Waals surface area contributed by atoms with Gasteiger partial charge >= 0.3 is 6.18 Å². The summed E-state index contributed by atoms with van der Waals surface area (Å²) < 4.78 is 32.7. The molecule has 0 aliphatic carbocycles. The SMILES string of the molecule is Cl.Cl.NNCC(F)(F)F.